The molecule has 0 amide bonds. The molecule has 26 heavy (non-hydrogen) atoms. The SMILES string of the molecule is CC/C=C/C/C=C/C/C=C/C/C=C/C/C=C/C=C/C(=O)CCCC(=O)O. The van der Waals surface area contributed by atoms with Crippen LogP contribution in [-0.4, -0.2) is 16.9 Å². The summed E-state index contributed by atoms with van der Waals surface area (Å²) >= 11 is 0. The molecule has 3 nitrogen and oxygen atoms in total. The van der Waals surface area contributed by atoms with E-state index in [1.807, 2.05) is 12.2 Å². The van der Waals surface area contributed by atoms with Crippen molar-refractivity contribution in [3.05, 3.63) is 72.9 Å². The summed E-state index contributed by atoms with van der Waals surface area (Å²) in [7, 11) is 0. The third kappa shape index (κ3) is 19.6. The van der Waals surface area contributed by atoms with Gasteiger partial charge in [0.2, 0.25) is 0 Å². The molecule has 0 rings (SSSR count). The molecule has 0 bridgehead atoms. The fraction of sp³-hybridized carbons (Fsp3) is 0.391. The van der Waals surface area contributed by atoms with Gasteiger partial charge < -0.3 is 5.11 Å². The highest BCUT2D eigenvalue weighted by Gasteiger charge is 1.99. The maximum absolute atomic E-state index is 11.4. The first-order valence-corrected chi connectivity index (χ1v) is 9.34. The van der Waals surface area contributed by atoms with E-state index >= 15 is 0 Å². The molecular weight excluding hydrogens is 324 g/mol. The lowest BCUT2D eigenvalue weighted by Crippen LogP contribution is -1.97. The van der Waals surface area contributed by atoms with Gasteiger partial charge in [0.1, 0.15) is 0 Å². The van der Waals surface area contributed by atoms with Crippen molar-refractivity contribution in [3.63, 3.8) is 0 Å². The lowest BCUT2D eigenvalue weighted by Gasteiger charge is -1.92. The lowest BCUT2D eigenvalue weighted by atomic mass is 10.1. The number of carbonyl (C=O) groups excluding carboxylic acids is 1. The normalized spacial score (nSPS) is 12.8. The minimum Gasteiger partial charge on any atom is -0.481 e. The summed E-state index contributed by atoms with van der Waals surface area (Å²) in [5, 5.41) is 8.49. The second-order valence-corrected chi connectivity index (χ2v) is 5.74. The number of rotatable bonds is 15. The van der Waals surface area contributed by atoms with Gasteiger partial charge in [0.25, 0.3) is 0 Å². The largest absolute Gasteiger partial charge is 0.481 e. The first-order chi connectivity index (χ1) is 12.7. The van der Waals surface area contributed by atoms with Crippen LogP contribution in [0.3, 0.4) is 0 Å². The topological polar surface area (TPSA) is 54.4 Å². The molecule has 0 atom stereocenters. The van der Waals surface area contributed by atoms with E-state index in [1.54, 1.807) is 6.08 Å². The van der Waals surface area contributed by atoms with Crippen LogP contribution in [0.15, 0.2) is 72.9 Å². The van der Waals surface area contributed by atoms with Crippen molar-refractivity contribution in [2.45, 2.75) is 58.3 Å². The molecule has 0 radical (unpaired) electrons. The van der Waals surface area contributed by atoms with Gasteiger partial charge in [-0.25, -0.2) is 0 Å². The predicted molar refractivity (Wildman–Crippen MR) is 110 cm³/mol. The molecule has 0 spiro atoms. The zero-order valence-corrected chi connectivity index (χ0v) is 15.8. The molecule has 0 aromatic carbocycles. The van der Waals surface area contributed by atoms with Crippen molar-refractivity contribution in [3.8, 4) is 0 Å². The Morgan fingerprint density at radius 3 is 1.69 bits per heavy atom. The molecule has 0 heterocycles. The van der Waals surface area contributed by atoms with Gasteiger partial charge in [-0.15, -0.1) is 0 Å². The summed E-state index contributed by atoms with van der Waals surface area (Å²) in [6.45, 7) is 2.14. The third-order valence-corrected chi connectivity index (χ3v) is 3.33. The maximum Gasteiger partial charge on any atom is 0.303 e. The molecule has 0 saturated carbocycles. The Labute approximate surface area is 158 Å². The fourth-order valence-corrected chi connectivity index (χ4v) is 1.97. The predicted octanol–water partition coefficient (Wildman–Crippen LogP) is 6.12. The maximum atomic E-state index is 11.4. The van der Waals surface area contributed by atoms with Gasteiger partial charge >= 0.3 is 5.97 Å². The first-order valence-electron chi connectivity index (χ1n) is 9.34. The molecule has 0 aliphatic heterocycles. The molecule has 3 heteroatoms. The number of hydrogen-bond donors (Lipinski definition) is 1. The standard InChI is InChI=1S/C23H32O3/c1-2-3-4-5-6-7-8-9-10-11-12-13-14-15-16-17-19-22(24)20-18-21-23(25)26/h3-4,6-7,9-10,12-13,15-17,19H,2,5,8,11,14,18,20-21H2,1H3,(H,25,26)/b4-3+,7-6+,10-9+,13-12+,16-15+,19-17+. The van der Waals surface area contributed by atoms with Crippen LogP contribution in [-0.2, 0) is 9.59 Å². The van der Waals surface area contributed by atoms with Crippen molar-refractivity contribution in [2.24, 2.45) is 0 Å². The van der Waals surface area contributed by atoms with Crippen molar-refractivity contribution >= 4 is 11.8 Å². The van der Waals surface area contributed by atoms with Crippen molar-refractivity contribution < 1.29 is 14.7 Å². The minimum absolute atomic E-state index is 0.0352. The van der Waals surface area contributed by atoms with Gasteiger partial charge in [-0.05, 0) is 44.6 Å². The molecular formula is C23H32O3. The van der Waals surface area contributed by atoms with Crippen LogP contribution in [0.1, 0.15) is 58.3 Å². The van der Waals surface area contributed by atoms with Crippen LogP contribution in [0.4, 0.5) is 0 Å². The van der Waals surface area contributed by atoms with E-state index in [4.69, 9.17) is 5.11 Å². The second kappa shape index (κ2) is 18.9. The van der Waals surface area contributed by atoms with E-state index in [9.17, 15) is 9.59 Å². The van der Waals surface area contributed by atoms with E-state index in [1.165, 1.54) is 6.08 Å². The highest BCUT2D eigenvalue weighted by Crippen LogP contribution is 1.98. The van der Waals surface area contributed by atoms with Crippen molar-refractivity contribution in [1.29, 1.82) is 0 Å². The molecule has 142 valence electrons. The minimum atomic E-state index is -0.861. The molecule has 0 fully saturated rings. The zero-order valence-electron chi connectivity index (χ0n) is 15.8. The second-order valence-electron chi connectivity index (χ2n) is 5.74. The number of ketones is 1. The molecule has 1 N–H and O–H groups in total. The molecule has 0 aromatic rings. The number of hydrogen-bond acceptors (Lipinski definition) is 2. The van der Waals surface area contributed by atoms with Crippen LogP contribution >= 0.6 is 0 Å². The smallest absolute Gasteiger partial charge is 0.303 e. The quantitative estimate of drug-likeness (QED) is 0.218. The molecule has 0 unspecified atom stereocenters. The molecule has 0 aliphatic rings. The van der Waals surface area contributed by atoms with Crippen molar-refractivity contribution in [1.82, 2.24) is 0 Å². The van der Waals surface area contributed by atoms with Crippen LogP contribution in [0.2, 0.25) is 0 Å². The van der Waals surface area contributed by atoms with E-state index in [0.717, 1.165) is 32.1 Å². The number of carboxylic acids is 1. The summed E-state index contributed by atoms with van der Waals surface area (Å²) in [4.78, 5) is 21.8. The highest BCUT2D eigenvalue weighted by molar-refractivity contribution is 5.90. The van der Waals surface area contributed by atoms with E-state index in [0.29, 0.717) is 6.42 Å². The van der Waals surface area contributed by atoms with E-state index in [-0.39, 0.29) is 18.6 Å². The van der Waals surface area contributed by atoms with Crippen molar-refractivity contribution in [2.75, 3.05) is 0 Å². The van der Waals surface area contributed by atoms with Gasteiger partial charge in [0.15, 0.2) is 5.78 Å². The van der Waals surface area contributed by atoms with Crippen LogP contribution < -0.4 is 0 Å². The zero-order chi connectivity index (χ0) is 19.3. The summed E-state index contributed by atoms with van der Waals surface area (Å²) in [6, 6.07) is 0. The average Bonchev–Trinajstić information content (AvgIpc) is 2.61. The highest BCUT2D eigenvalue weighted by atomic mass is 16.4. The van der Waals surface area contributed by atoms with Gasteiger partial charge in [-0.3, -0.25) is 9.59 Å². The number of carbonyl (C=O) groups is 2. The van der Waals surface area contributed by atoms with E-state index in [2.05, 4.69) is 55.5 Å². The lowest BCUT2D eigenvalue weighted by molar-refractivity contribution is -0.137. The third-order valence-electron chi connectivity index (χ3n) is 3.33. The van der Waals surface area contributed by atoms with E-state index < -0.39 is 5.97 Å². The van der Waals surface area contributed by atoms with Crippen LogP contribution in [0.25, 0.3) is 0 Å². The molecule has 0 aliphatic carbocycles. The number of allylic oxidation sites excluding steroid dienone is 12. The van der Waals surface area contributed by atoms with Gasteiger partial charge in [0.05, 0.1) is 0 Å². The summed E-state index contributed by atoms with van der Waals surface area (Å²) in [5.74, 6) is -0.897. The average molecular weight is 357 g/mol. The van der Waals surface area contributed by atoms with Gasteiger partial charge in [0, 0.05) is 12.8 Å². The summed E-state index contributed by atoms with van der Waals surface area (Å²) < 4.78 is 0. The first kappa shape index (κ1) is 23.6. The Balaban J connectivity index is 3.67. The number of aliphatic carboxylic acids is 1. The number of carboxylic acid groups (broad SMARTS) is 1. The Kier molecular flexibility index (Phi) is 17.2. The summed E-state index contributed by atoms with van der Waals surface area (Å²) in [6.07, 6.45) is 29.8. The summed E-state index contributed by atoms with van der Waals surface area (Å²) in [5.41, 5.74) is 0. The Bertz CT molecular complexity index is 546. The van der Waals surface area contributed by atoms with Gasteiger partial charge in [-0.2, -0.15) is 0 Å². The Hall–Kier alpha value is -2.42. The fourth-order valence-electron chi connectivity index (χ4n) is 1.97. The Morgan fingerprint density at radius 1 is 0.692 bits per heavy atom. The Morgan fingerprint density at radius 2 is 1.19 bits per heavy atom. The van der Waals surface area contributed by atoms with Gasteiger partial charge in [-0.1, -0.05) is 73.8 Å². The molecule has 0 aromatic heterocycles. The molecule has 0 saturated heterocycles. The monoisotopic (exact) mass is 356 g/mol. The van der Waals surface area contributed by atoms with Crippen LogP contribution in [0.5, 0.6) is 0 Å². The van der Waals surface area contributed by atoms with Crippen LogP contribution in [0, 0.1) is 0 Å².